The molecule has 0 radical (unpaired) electrons. The first-order chi connectivity index (χ1) is 11.4. The Bertz CT molecular complexity index is 758. The van der Waals surface area contributed by atoms with E-state index in [0.29, 0.717) is 13.1 Å². The summed E-state index contributed by atoms with van der Waals surface area (Å²) in [6.45, 7) is 4.75. The van der Waals surface area contributed by atoms with E-state index < -0.39 is 10.0 Å². The number of sulfonamides is 1. The zero-order valence-corrected chi connectivity index (χ0v) is 14.8. The molecule has 2 aromatic carbocycles. The van der Waals surface area contributed by atoms with Crippen LogP contribution in [0, 0.1) is 6.92 Å². The second-order valence-corrected chi connectivity index (χ2v) is 7.56. The van der Waals surface area contributed by atoms with Crippen molar-refractivity contribution in [2.45, 2.75) is 31.4 Å². The Labute approximate surface area is 143 Å². The van der Waals surface area contributed by atoms with E-state index in [-0.39, 0.29) is 17.5 Å². The van der Waals surface area contributed by atoms with Crippen molar-refractivity contribution in [2.24, 2.45) is 0 Å². The van der Waals surface area contributed by atoms with E-state index in [9.17, 15) is 13.5 Å². The van der Waals surface area contributed by atoms with Crippen LogP contribution in [0.5, 0.6) is 0 Å². The number of benzene rings is 2. The van der Waals surface area contributed by atoms with Crippen LogP contribution in [0.15, 0.2) is 53.4 Å². The maximum atomic E-state index is 12.2. The van der Waals surface area contributed by atoms with E-state index in [0.717, 1.165) is 16.7 Å². The van der Waals surface area contributed by atoms with Crippen molar-refractivity contribution in [1.82, 2.24) is 10.0 Å². The number of aryl methyl sites for hydroxylation is 1. The number of hydrogen-bond acceptors (Lipinski definition) is 4. The third kappa shape index (κ3) is 5.14. The summed E-state index contributed by atoms with van der Waals surface area (Å²) in [6, 6.07) is 14.5. The summed E-state index contributed by atoms with van der Waals surface area (Å²) in [5.41, 5.74) is 2.94. The second kappa shape index (κ2) is 8.39. The topological polar surface area (TPSA) is 78.4 Å². The molecule has 24 heavy (non-hydrogen) atoms. The van der Waals surface area contributed by atoms with Crippen LogP contribution in [-0.2, 0) is 16.6 Å². The summed E-state index contributed by atoms with van der Waals surface area (Å²) in [6.07, 6.45) is 0. The fourth-order valence-electron chi connectivity index (χ4n) is 2.35. The summed E-state index contributed by atoms with van der Waals surface area (Å²) in [5.74, 6) is 0. The molecule has 0 bridgehead atoms. The van der Waals surface area contributed by atoms with Gasteiger partial charge in [0.2, 0.25) is 10.0 Å². The van der Waals surface area contributed by atoms with Crippen LogP contribution in [0.2, 0.25) is 0 Å². The highest BCUT2D eigenvalue weighted by Gasteiger charge is 2.13. The molecule has 2 aromatic rings. The van der Waals surface area contributed by atoms with E-state index in [1.807, 2.05) is 38.1 Å². The lowest BCUT2D eigenvalue weighted by Gasteiger charge is -2.15. The van der Waals surface area contributed by atoms with Gasteiger partial charge in [-0.15, -0.1) is 0 Å². The van der Waals surface area contributed by atoms with Gasteiger partial charge in [-0.25, -0.2) is 13.1 Å². The van der Waals surface area contributed by atoms with E-state index in [2.05, 4.69) is 10.0 Å². The van der Waals surface area contributed by atoms with Crippen LogP contribution in [0.3, 0.4) is 0 Å². The standard InChI is InChI=1S/C18H24N2O3S/c1-14-6-8-18(9-7-14)24(22,23)20-11-10-19-15(2)17-5-3-4-16(12-17)13-21/h3-9,12,15,19-21H,10-11,13H2,1-2H3. The molecule has 1 atom stereocenters. The van der Waals surface area contributed by atoms with Crippen LogP contribution in [-0.4, -0.2) is 26.6 Å². The number of aliphatic hydroxyl groups is 1. The minimum atomic E-state index is -3.47. The molecule has 0 fully saturated rings. The van der Waals surface area contributed by atoms with Gasteiger partial charge in [0, 0.05) is 19.1 Å². The predicted molar refractivity (Wildman–Crippen MR) is 95.2 cm³/mol. The Kier molecular flexibility index (Phi) is 6.51. The van der Waals surface area contributed by atoms with Crippen LogP contribution in [0.1, 0.15) is 29.7 Å². The number of rotatable bonds is 8. The fraction of sp³-hybridized carbons (Fsp3) is 0.333. The zero-order valence-electron chi connectivity index (χ0n) is 14.0. The molecule has 0 aliphatic rings. The highest BCUT2D eigenvalue weighted by atomic mass is 32.2. The Hall–Kier alpha value is -1.73. The van der Waals surface area contributed by atoms with Gasteiger partial charge < -0.3 is 10.4 Å². The maximum absolute atomic E-state index is 12.2. The highest BCUT2D eigenvalue weighted by molar-refractivity contribution is 7.89. The molecule has 0 aliphatic heterocycles. The van der Waals surface area contributed by atoms with E-state index in [1.54, 1.807) is 24.3 Å². The van der Waals surface area contributed by atoms with Crippen LogP contribution in [0.25, 0.3) is 0 Å². The largest absolute Gasteiger partial charge is 0.392 e. The summed E-state index contributed by atoms with van der Waals surface area (Å²) < 4.78 is 26.9. The molecule has 3 N–H and O–H groups in total. The molecule has 2 rings (SSSR count). The quantitative estimate of drug-likeness (QED) is 0.639. The van der Waals surface area contributed by atoms with Crippen LogP contribution in [0.4, 0.5) is 0 Å². The van der Waals surface area contributed by atoms with Crippen molar-refractivity contribution >= 4 is 10.0 Å². The monoisotopic (exact) mass is 348 g/mol. The van der Waals surface area contributed by atoms with Gasteiger partial charge in [0.05, 0.1) is 11.5 Å². The molecule has 0 heterocycles. The van der Waals surface area contributed by atoms with E-state index >= 15 is 0 Å². The van der Waals surface area contributed by atoms with Gasteiger partial charge in [-0.2, -0.15) is 0 Å². The van der Waals surface area contributed by atoms with E-state index in [1.165, 1.54) is 0 Å². The molecule has 0 amide bonds. The molecule has 6 heteroatoms. The molecule has 5 nitrogen and oxygen atoms in total. The third-order valence-electron chi connectivity index (χ3n) is 3.83. The molecule has 0 saturated carbocycles. The highest BCUT2D eigenvalue weighted by Crippen LogP contribution is 2.14. The summed E-state index contributed by atoms with van der Waals surface area (Å²) in [5, 5.41) is 12.5. The van der Waals surface area contributed by atoms with Gasteiger partial charge in [-0.3, -0.25) is 0 Å². The Morgan fingerprint density at radius 1 is 1.08 bits per heavy atom. The van der Waals surface area contributed by atoms with Crippen LogP contribution >= 0.6 is 0 Å². The van der Waals surface area contributed by atoms with Crippen molar-refractivity contribution in [3.63, 3.8) is 0 Å². The Morgan fingerprint density at radius 2 is 1.79 bits per heavy atom. The van der Waals surface area contributed by atoms with Crippen molar-refractivity contribution in [3.8, 4) is 0 Å². The van der Waals surface area contributed by atoms with Crippen molar-refractivity contribution in [2.75, 3.05) is 13.1 Å². The first-order valence-electron chi connectivity index (χ1n) is 7.92. The average Bonchev–Trinajstić information content (AvgIpc) is 2.59. The maximum Gasteiger partial charge on any atom is 0.240 e. The van der Waals surface area contributed by atoms with Gasteiger partial charge in [0.15, 0.2) is 0 Å². The molecule has 0 aliphatic carbocycles. The molecule has 0 saturated heterocycles. The molecular weight excluding hydrogens is 324 g/mol. The van der Waals surface area contributed by atoms with Gasteiger partial charge in [0.25, 0.3) is 0 Å². The van der Waals surface area contributed by atoms with E-state index in [4.69, 9.17) is 0 Å². The number of hydrogen-bond donors (Lipinski definition) is 3. The smallest absolute Gasteiger partial charge is 0.240 e. The number of aliphatic hydroxyl groups excluding tert-OH is 1. The average molecular weight is 348 g/mol. The fourth-order valence-corrected chi connectivity index (χ4v) is 3.39. The van der Waals surface area contributed by atoms with Crippen molar-refractivity contribution < 1.29 is 13.5 Å². The normalized spacial score (nSPS) is 13.0. The van der Waals surface area contributed by atoms with Gasteiger partial charge in [-0.05, 0) is 37.1 Å². The lowest BCUT2D eigenvalue weighted by Crippen LogP contribution is -2.33. The lowest BCUT2D eigenvalue weighted by atomic mass is 10.1. The third-order valence-corrected chi connectivity index (χ3v) is 5.31. The van der Waals surface area contributed by atoms with Crippen molar-refractivity contribution in [3.05, 3.63) is 65.2 Å². The predicted octanol–water partition coefficient (Wildman–Crippen LogP) is 2.12. The summed E-state index contributed by atoms with van der Waals surface area (Å²) in [4.78, 5) is 0.275. The Balaban J connectivity index is 1.84. The van der Waals surface area contributed by atoms with Gasteiger partial charge >= 0.3 is 0 Å². The molecular formula is C18H24N2O3S. The first kappa shape index (κ1) is 18.6. The molecule has 1 unspecified atom stereocenters. The summed E-state index contributed by atoms with van der Waals surface area (Å²) >= 11 is 0. The molecule has 130 valence electrons. The first-order valence-corrected chi connectivity index (χ1v) is 9.40. The zero-order chi connectivity index (χ0) is 17.6. The number of nitrogens with one attached hydrogen (secondary N) is 2. The minimum absolute atomic E-state index is 0.0108. The van der Waals surface area contributed by atoms with Gasteiger partial charge in [0.1, 0.15) is 0 Å². The molecule has 0 aromatic heterocycles. The van der Waals surface area contributed by atoms with Crippen molar-refractivity contribution in [1.29, 1.82) is 0 Å². The SMILES string of the molecule is Cc1ccc(S(=O)(=O)NCCNC(C)c2cccc(CO)c2)cc1. The summed E-state index contributed by atoms with van der Waals surface area (Å²) in [7, 11) is -3.47. The van der Waals surface area contributed by atoms with Crippen LogP contribution < -0.4 is 10.0 Å². The molecule has 0 spiro atoms. The van der Waals surface area contributed by atoms with Gasteiger partial charge in [-0.1, -0.05) is 42.0 Å². The minimum Gasteiger partial charge on any atom is -0.392 e. The lowest BCUT2D eigenvalue weighted by molar-refractivity contribution is 0.281. The second-order valence-electron chi connectivity index (χ2n) is 5.79. The Morgan fingerprint density at radius 3 is 2.46 bits per heavy atom.